The van der Waals surface area contributed by atoms with Gasteiger partial charge in [0.25, 0.3) is 0 Å². The number of aliphatic hydroxyl groups is 2. The summed E-state index contributed by atoms with van der Waals surface area (Å²) in [6, 6.07) is 7.93. The van der Waals surface area contributed by atoms with Crippen LogP contribution in [-0.4, -0.2) is 47.5 Å². The van der Waals surface area contributed by atoms with E-state index in [9.17, 15) is 5.11 Å². The second-order valence-electron chi connectivity index (χ2n) is 4.84. The van der Waals surface area contributed by atoms with Crippen LogP contribution in [0, 0.1) is 0 Å². The molecule has 0 heterocycles. The molecule has 0 aliphatic carbocycles. The Balaban J connectivity index is 2.47. The summed E-state index contributed by atoms with van der Waals surface area (Å²) in [5, 5.41) is 18.1. The van der Waals surface area contributed by atoms with Gasteiger partial charge in [-0.25, -0.2) is 0 Å². The minimum absolute atomic E-state index is 0.179. The molecule has 0 aromatic heterocycles. The van der Waals surface area contributed by atoms with Crippen molar-refractivity contribution in [3.8, 4) is 5.75 Å². The van der Waals surface area contributed by atoms with Gasteiger partial charge >= 0.3 is 0 Å². The van der Waals surface area contributed by atoms with E-state index in [0.29, 0.717) is 6.54 Å². The predicted molar refractivity (Wildman–Crippen MR) is 71.6 cm³/mol. The maximum atomic E-state index is 9.34. The fourth-order valence-electron chi connectivity index (χ4n) is 1.74. The zero-order valence-corrected chi connectivity index (χ0v) is 11.3. The number of nitrogens with zero attached hydrogens (tertiary/aromatic N) is 1. The third kappa shape index (κ3) is 5.49. The molecule has 0 amide bonds. The van der Waals surface area contributed by atoms with Crippen LogP contribution in [0.2, 0.25) is 0 Å². The lowest BCUT2D eigenvalue weighted by molar-refractivity contribution is 0.0648. The molecule has 0 spiro atoms. The summed E-state index contributed by atoms with van der Waals surface area (Å²) in [5.41, 5.74) is 1.15. The summed E-state index contributed by atoms with van der Waals surface area (Å²) in [5.74, 6) is 0.867. The van der Waals surface area contributed by atoms with Gasteiger partial charge in [0.2, 0.25) is 0 Å². The largest absolute Gasteiger partial charge is 0.491 e. The molecule has 1 rings (SSSR count). The minimum atomic E-state index is -0.682. The highest BCUT2D eigenvalue weighted by atomic mass is 16.5. The molecule has 1 unspecified atom stereocenters. The Morgan fingerprint density at radius 2 is 1.83 bits per heavy atom. The first-order valence-electron chi connectivity index (χ1n) is 6.24. The molecule has 4 heteroatoms. The number of likely N-dealkylation sites (N-methyl/N-ethyl adjacent to an activating group) is 1. The molecule has 0 saturated heterocycles. The van der Waals surface area contributed by atoms with E-state index in [0.717, 1.165) is 17.9 Å². The molecule has 1 aromatic carbocycles. The minimum Gasteiger partial charge on any atom is -0.491 e. The normalized spacial score (nSPS) is 13.1. The van der Waals surface area contributed by atoms with E-state index in [4.69, 9.17) is 9.84 Å². The van der Waals surface area contributed by atoms with Crippen molar-refractivity contribution >= 4 is 0 Å². The van der Waals surface area contributed by atoms with Crippen LogP contribution in [0.4, 0.5) is 0 Å². The third-order valence-electron chi connectivity index (χ3n) is 2.48. The maximum Gasteiger partial charge on any atom is 0.119 e. The Kier molecular flexibility index (Phi) is 6.12. The molecule has 2 N–H and O–H groups in total. The van der Waals surface area contributed by atoms with Gasteiger partial charge in [-0.1, -0.05) is 12.1 Å². The summed E-state index contributed by atoms with van der Waals surface area (Å²) in [4.78, 5) is 1.97. The van der Waals surface area contributed by atoms with Gasteiger partial charge in [0.15, 0.2) is 0 Å². The number of benzene rings is 1. The van der Waals surface area contributed by atoms with Crippen molar-refractivity contribution in [2.24, 2.45) is 0 Å². The molecule has 0 aliphatic heterocycles. The lowest BCUT2D eigenvalue weighted by Crippen LogP contribution is -2.30. The first-order chi connectivity index (χ1) is 8.51. The van der Waals surface area contributed by atoms with Crippen LogP contribution >= 0.6 is 0 Å². The van der Waals surface area contributed by atoms with Crippen LogP contribution in [0.3, 0.4) is 0 Å². The van der Waals surface area contributed by atoms with Gasteiger partial charge in [-0.2, -0.15) is 0 Å². The lowest BCUT2D eigenvalue weighted by atomic mass is 10.2. The summed E-state index contributed by atoms with van der Waals surface area (Å²) in [6.07, 6.45) is -0.503. The second kappa shape index (κ2) is 7.36. The van der Waals surface area contributed by atoms with Crippen molar-refractivity contribution in [2.75, 3.05) is 20.2 Å². The zero-order chi connectivity index (χ0) is 13.5. The van der Waals surface area contributed by atoms with E-state index in [2.05, 4.69) is 0 Å². The van der Waals surface area contributed by atoms with Crippen molar-refractivity contribution in [3.05, 3.63) is 29.8 Å². The summed E-state index contributed by atoms with van der Waals surface area (Å²) >= 11 is 0. The van der Waals surface area contributed by atoms with Crippen molar-refractivity contribution in [1.82, 2.24) is 4.90 Å². The van der Waals surface area contributed by atoms with Crippen LogP contribution < -0.4 is 4.74 Å². The van der Waals surface area contributed by atoms with Gasteiger partial charge in [0.05, 0.1) is 18.8 Å². The fourth-order valence-corrected chi connectivity index (χ4v) is 1.74. The average Bonchev–Trinajstić information content (AvgIpc) is 2.30. The maximum absolute atomic E-state index is 9.34. The van der Waals surface area contributed by atoms with Crippen molar-refractivity contribution in [3.63, 3.8) is 0 Å². The van der Waals surface area contributed by atoms with Gasteiger partial charge in [0, 0.05) is 13.1 Å². The first-order valence-corrected chi connectivity index (χ1v) is 6.24. The number of hydrogen-bond donors (Lipinski definition) is 2. The van der Waals surface area contributed by atoms with Crippen LogP contribution in [-0.2, 0) is 6.54 Å². The van der Waals surface area contributed by atoms with Crippen LogP contribution in [0.5, 0.6) is 5.75 Å². The highest BCUT2D eigenvalue weighted by Gasteiger charge is 2.07. The smallest absolute Gasteiger partial charge is 0.119 e. The Bertz CT molecular complexity index is 337. The zero-order valence-electron chi connectivity index (χ0n) is 11.3. The van der Waals surface area contributed by atoms with E-state index in [1.807, 2.05) is 50.1 Å². The van der Waals surface area contributed by atoms with E-state index in [1.165, 1.54) is 0 Å². The lowest BCUT2D eigenvalue weighted by Gasteiger charge is -2.19. The second-order valence-corrected chi connectivity index (χ2v) is 4.84. The Morgan fingerprint density at radius 1 is 1.22 bits per heavy atom. The number of aliphatic hydroxyl groups excluding tert-OH is 2. The molecule has 0 bridgehead atoms. The number of ether oxygens (including phenoxy) is 1. The molecule has 1 atom stereocenters. The standard InChI is InChI=1S/C14H23NO3/c1-11(2)18-14-6-4-12(5-7-14)8-15(3)9-13(17)10-16/h4-7,11,13,16-17H,8-10H2,1-3H3. The van der Waals surface area contributed by atoms with Crippen LogP contribution in [0.15, 0.2) is 24.3 Å². The van der Waals surface area contributed by atoms with Gasteiger partial charge in [0.1, 0.15) is 5.75 Å². The first kappa shape index (κ1) is 15.0. The summed E-state index contributed by atoms with van der Waals surface area (Å²) in [7, 11) is 1.91. The molecule has 0 radical (unpaired) electrons. The molecule has 18 heavy (non-hydrogen) atoms. The number of rotatable bonds is 7. The summed E-state index contributed by atoms with van der Waals surface area (Å²) in [6.45, 7) is 4.99. The number of hydrogen-bond acceptors (Lipinski definition) is 4. The Labute approximate surface area is 109 Å². The van der Waals surface area contributed by atoms with Crippen molar-refractivity contribution < 1.29 is 14.9 Å². The molecule has 102 valence electrons. The van der Waals surface area contributed by atoms with E-state index < -0.39 is 6.10 Å². The highest BCUT2D eigenvalue weighted by Crippen LogP contribution is 2.14. The molecule has 0 fully saturated rings. The molecule has 4 nitrogen and oxygen atoms in total. The SMILES string of the molecule is CC(C)Oc1ccc(CN(C)CC(O)CO)cc1. The predicted octanol–water partition coefficient (Wildman–Crippen LogP) is 1.26. The van der Waals surface area contributed by atoms with E-state index in [1.54, 1.807) is 0 Å². The van der Waals surface area contributed by atoms with Gasteiger partial charge in [-0.05, 0) is 38.6 Å². The topological polar surface area (TPSA) is 52.9 Å². The van der Waals surface area contributed by atoms with Crippen LogP contribution in [0.25, 0.3) is 0 Å². The molecular weight excluding hydrogens is 230 g/mol. The Hall–Kier alpha value is -1.10. The Morgan fingerprint density at radius 3 is 2.33 bits per heavy atom. The monoisotopic (exact) mass is 253 g/mol. The third-order valence-corrected chi connectivity index (χ3v) is 2.48. The van der Waals surface area contributed by atoms with Crippen molar-refractivity contribution in [2.45, 2.75) is 32.6 Å². The van der Waals surface area contributed by atoms with Gasteiger partial charge in [-0.3, -0.25) is 4.90 Å². The summed E-state index contributed by atoms with van der Waals surface area (Å²) < 4.78 is 5.57. The van der Waals surface area contributed by atoms with Crippen molar-refractivity contribution in [1.29, 1.82) is 0 Å². The fraction of sp³-hybridized carbons (Fsp3) is 0.571. The molecular formula is C14H23NO3. The quantitative estimate of drug-likeness (QED) is 0.768. The van der Waals surface area contributed by atoms with Gasteiger partial charge in [-0.15, -0.1) is 0 Å². The van der Waals surface area contributed by atoms with E-state index >= 15 is 0 Å². The van der Waals surface area contributed by atoms with Gasteiger partial charge < -0.3 is 14.9 Å². The van der Waals surface area contributed by atoms with E-state index in [-0.39, 0.29) is 12.7 Å². The highest BCUT2D eigenvalue weighted by molar-refractivity contribution is 5.27. The molecule has 0 aliphatic rings. The van der Waals surface area contributed by atoms with Crippen LogP contribution in [0.1, 0.15) is 19.4 Å². The average molecular weight is 253 g/mol. The molecule has 1 aromatic rings. The molecule has 0 saturated carbocycles.